The molecule has 2 N–H and O–H groups in total. The van der Waals surface area contributed by atoms with E-state index < -0.39 is 0 Å². The van der Waals surface area contributed by atoms with Gasteiger partial charge in [0, 0.05) is 24.7 Å². The lowest BCUT2D eigenvalue weighted by Gasteiger charge is -2.31. The number of hydrogen-bond donors (Lipinski definition) is 1. The molecule has 0 aliphatic carbocycles. The molecule has 0 unspecified atom stereocenters. The minimum Gasteiger partial charge on any atom is -0.370 e. The predicted molar refractivity (Wildman–Crippen MR) is 62.2 cm³/mol. The number of nitrogens with two attached hydrogens (primary N) is 1. The highest BCUT2D eigenvalue weighted by atomic mass is 16.5. The van der Waals surface area contributed by atoms with Gasteiger partial charge in [0.05, 0.1) is 18.9 Å². The Labute approximate surface area is 95.4 Å². The highest BCUT2D eigenvalue weighted by Crippen LogP contribution is 2.23. The van der Waals surface area contributed by atoms with Crippen molar-refractivity contribution in [3.05, 3.63) is 23.4 Å². The van der Waals surface area contributed by atoms with E-state index in [9.17, 15) is 0 Å². The fourth-order valence-corrected chi connectivity index (χ4v) is 2.34. The Morgan fingerprint density at radius 3 is 2.88 bits per heavy atom. The van der Waals surface area contributed by atoms with Gasteiger partial charge in [-0.2, -0.15) is 0 Å². The molecule has 0 atom stereocenters. The molecule has 2 aliphatic rings. The van der Waals surface area contributed by atoms with Crippen molar-refractivity contribution in [2.24, 2.45) is 5.73 Å². The highest BCUT2D eigenvalue weighted by Gasteiger charge is 2.19. The molecule has 3 rings (SSSR count). The summed E-state index contributed by atoms with van der Waals surface area (Å²) >= 11 is 0. The average molecular weight is 219 g/mol. The van der Waals surface area contributed by atoms with E-state index in [2.05, 4.69) is 22.0 Å². The topological polar surface area (TPSA) is 51.4 Å². The van der Waals surface area contributed by atoms with E-state index in [1.165, 1.54) is 5.56 Å². The maximum Gasteiger partial charge on any atom is 0.128 e. The molecule has 1 aromatic rings. The summed E-state index contributed by atoms with van der Waals surface area (Å²) in [5.74, 6) is 1.08. The van der Waals surface area contributed by atoms with Crippen molar-refractivity contribution in [3.63, 3.8) is 0 Å². The lowest BCUT2D eigenvalue weighted by Crippen LogP contribution is -2.40. The first-order valence-electron chi connectivity index (χ1n) is 5.90. The smallest absolute Gasteiger partial charge is 0.128 e. The number of aromatic nitrogens is 1. The Morgan fingerprint density at radius 2 is 2.06 bits per heavy atom. The van der Waals surface area contributed by atoms with Crippen LogP contribution >= 0.6 is 0 Å². The summed E-state index contributed by atoms with van der Waals surface area (Å²) in [6.45, 7) is 3.42. The van der Waals surface area contributed by atoms with Crippen LogP contribution < -0.4 is 10.6 Å². The minimum absolute atomic E-state index is 0.369. The number of ether oxygens (including phenoxy) is 1. The van der Waals surface area contributed by atoms with Gasteiger partial charge < -0.3 is 15.4 Å². The van der Waals surface area contributed by atoms with Crippen LogP contribution in [0.1, 0.15) is 24.1 Å². The van der Waals surface area contributed by atoms with Crippen LogP contribution in [0.3, 0.4) is 0 Å². The zero-order valence-electron chi connectivity index (χ0n) is 9.35. The van der Waals surface area contributed by atoms with Gasteiger partial charge in [-0.15, -0.1) is 0 Å². The first-order valence-corrected chi connectivity index (χ1v) is 5.90. The Kier molecular flexibility index (Phi) is 2.53. The first kappa shape index (κ1) is 10.1. The quantitative estimate of drug-likeness (QED) is 0.766. The third-order valence-electron chi connectivity index (χ3n) is 3.41. The average Bonchev–Trinajstić information content (AvgIpc) is 2.77. The maximum absolute atomic E-state index is 5.90. The number of hydrogen-bond acceptors (Lipinski definition) is 4. The van der Waals surface area contributed by atoms with Crippen molar-refractivity contribution in [3.8, 4) is 0 Å². The molecule has 0 bridgehead atoms. The zero-order chi connectivity index (χ0) is 11.0. The van der Waals surface area contributed by atoms with E-state index >= 15 is 0 Å². The van der Waals surface area contributed by atoms with E-state index in [1.807, 2.05) is 0 Å². The first-order chi connectivity index (χ1) is 7.83. The molecule has 86 valence electrons. The summed E-state index contributed by atoms with van der Waals surface area (Å²) in [4.78, 5) is 6.98. The van der Waals surface area contributed by atoms with E-state index in [4.69, 9.17) is 10.5 Å². The molecule has 4 heteroatoms. The van der Waals surface area contributed by atoms with Gasteiger partial charge >= 0.3 is 0 Å². The number of pyridine rings is 1. The summed E-state index contributed by atoms with van der Waals surface area (Å²) in [5.41, 5.74) is 8.24. The second kappa shape index (κ2) is 4.03. The highest BCUT2D eigenvalue weighted by molar-refractivity contribution is 5.42. The summed E-state index contributed by atoms with van der Waals surface area (Å²) in [6, 6.07) is 4.61. The number of rotatable bonds is 1. The SMILES string of the molecule is NC1CCN(c2ccc3c(n2)COC3)CC1. The van der Waals surface area contributed by atoms with Gasteiger partial charge in [0.25, 0.3) is 0 Å². The molecule has 2 aliphatic heterocycles. The van der Waals surface area contributed by atoms with E-state index in [0.29, 0.717) is 19.3 Å². The maximum atomic E-state index is 5.90. The molecule has 0 saturated carbocycles. The second-order valence-electron chi connectivity index (χ2n) is 4.59. The Bertz CT molecular complexity index is 386. The van der Waals surface area contributed by atoms with E-state index in [0.717, 1.165) is 37.4 Å². The number of piperidine rings is 1. The van der Waals surface area contributed by atoms with Gasteiger partial charge in [0.2, 0.25) is 0 Å². The summed E-state index contributed by atoms with van der Waals surface area (Å²) in [7, 11) is 0. The molecule has 4 nitrogen and oxygen atoms in total. The van der Waals surface area contributed by atoms with Crippen LogP contribution in [-0.2, 0) is 18.0 Å². The van der Waals surface area contributed by atoms with Gasteiger partial charge in [-0.3, -0.25) is 0 Å². The Hall–Kier alpha value is -1.13. The van der Waals surface area contributed by atoms with Gasteiger partial charge in [0.1, 0.15) is 5.82 Å². The van der Waals surface area contributed by atoms with Crippen molar-refractivity contribution in [2.45, 2.75) is 32.1 Å². The molecule has 1 aromatic heterocycles. The van der Waals surface area contributed by atoms with Crippen LogP contribution in [0.15, 0.2) is 12.1 Å². The van der Waals surface area contributed by atoms with Crippen LogP contribution in [0.4, 0.5) is 5.82 Å². The number of anilines is 1. The van der Waals surface area contributed by atoms with Crippen LogP contribution in [0.25, 0.3) is 0 Å². The largest absolute Gasteiger partial charge is 0.370 e. The van der Waals surface area contributed by atoms with Gasteiger partial charge in [-0.1, -0.05) is 6.07 Å². The van der Waals surface area contributed by atoms with Crippen molar-refractivity contribution >= 4 is 5.82 Å². The van der Waals surface area contributed by atoms with E-state index in [-0.39, 0.29) is 0 Å². The lowest BCUT2D eigenvalue weighted by molar-refractivity contribution is 0.133. The minimum atomic E-state index is 0.369. The zero-order valence-corrected chi connectivity index (χ0v) is 9.35. The number of fused-ring (bicyclic) bond motifs is 1. The van der Waals surface area contributed by atoms with Gasteiger partial charge in [-0.05, 0) is 18.9 Å². The molecule has 1 fully saturated rings. The molecule has 16 heavy (non-hydrogen) atoms. The molecule has 0 amide bonds. The molecule has 0 spiro atoms. The van der Waals surface area contributed by atoms with Gasteiger partial charge in [0.15, 0.2) is 0 Å². The predicted octanol–water partition coefficient (Wildman–Crippen LogP) is 1.04. The van der Waals surface area contributed by atoms with Crippen molar-refractivity contribution < 1.29 is 4.74 Å². The third-order valence-corrected chi connectivity index (χ3v) is 3.41. The van der Waals surface area contributed by atoms with Crippen molar-refractivity contribution in [1.29, 1.82) is 0 Å². The summed E-state index contributed by atoms with van der Waals surface area (Å²) < 4.78 is 5.37. The normalized spacial score (nSPS) is 21.2. The van der Waals surface area contributed by atoms with E-state index in [1.54, 1.807) is 0 Å². The monoisotopic (exact) mass is 219 g/mol. The standard InChI is InChI=1S/C12H17N3O/c13-10-3-5-15(6-4-10)12-2-1-9-7-16-8-11(9)14-12/h1-2,10H,3-8,13H2. The molecular formula is C12H17N3O. The van der Waals surface area contributed by atoms with Crippen LogP contribution in [0.5, 0.6) is 0 Å². The summed E-state index contributed by atoms with van der Waals surface area (Å²) in [6.07, 6.45) is 2.13. The Balaban J connectivity index is 1.79. The van der Waals surface area contributed by atoms with Crippen LogP contribution in [0.2, 0.25) is 0 Å². The molecule has 3 heterocycles. The third kappa shape index (κ3) is 1.79. The van der Waals surface area contributed by atoms with Crippen LogP contribution in [0, 0.1) is 0 Å². The fraction of sp³-hybridized carbons (Fsp3) is 0.583. The molecular weight excluding hydrogens is 202 g/mol. The fourth-order valence-electron chi connectivity index (χ4n) is 2.34. The number of nitrogens with zero attached hydrogens (tertiary/aromatic N) is 2. The molecule has 1 saturated heterocycles. The van der Waals surface area contributed by atoms with Crippen LogP contribution in [-0.4, -0.2) is 24.1 Å². The molecule has 0 radical (unpaired) electrons. The summed E-state index contributed by atoms with van der Waals surface area (Å²) in [5, 5.41) is 0. The van der Waals surface area contributed by atoms with Crippen molar-refractivity contribution in [1.82, 2.24) is 4.98 Å². The van der Waals surface area contributed by atoms with Crippen molar-refractivity contribution in [2.75, 3.05) is 18.0 Å². The van der Waals surface area contributed by atoms with Gasteiger partial charge in [-0.25, -0.2) is 4.98 Å². The molecule has 0 aromatic carbocycles. The lowest BCUT2D eigenvalue weighted by atomic mass is 10.1. The second-order valence-corrected chi connectivity index (χ2v) is 4.59. The Morgan fingerprint density at radius 1 is 1.25 bits per heavy atom.